The summed E-state index contributed by atoms with van der Waals surface area (Å²) in [6.45, 7) is 7.81. The molecule has 0 bridgehead atoms. The Morgan fingerprint density at radius 1 is 1.42 bits per heavy atom. The molecule has 1 saturated heterocycles. The van der Waals surface area contributed by atoms with Crippen LogP contribution < -0.4 is 0 Å². The number of hydrogen-bond acceptors (Lipinski definition) is 3. The van der Waals surface area contributed by atoms with Gasteiger partial charge in [-0.05, 0) is 24.7 Å². The van der Waals surface area contributed by atoms with Crippen LogP contribution in [0.5, 0.6) is 0 Å². The summed E-state index contributed by atoms with van der Waals surface area (Å²) in [5.74, 6) is -1.09. The van der Waals surface area contributed by atoms with Crippen LogP contribution in [-0.2, 0) is 14.3 Å². The summed E-state index contributed by atoms with van der Waals surface area (Å²) >= 11 is 3.51. The van der Waals surface area contributed by atoms with Gasteiger partial charge in [0, 0.05) is 0 Å². The number of aliphatic carboxylic acids is 1. The molecule has 1 aliphatic heterocycles. The monoisotopic (exact) mass is 334 g/mol. The maximum absolute atomic E-state index is 11.7. The van der Waals surface area contributed by atoms with Gasteiger partial charge in [-0.2, -0.15) is 0 Å². The first-order valence-corrected chi connectivity index (χ1v) is 7.73. The van der Waals surface area contributed by atoms with E-state index in [0.717, 1.165) is 0 Å². The molecule has 4 nitrogen and oxygen atoms in total. The highest BCUT2D eigenvalue weighted by atomic mass is 79.9. The van der Waals surface area contributed by atoms with E-state index in [0.29, 0.717) is 12.8 Å². The second-order valence-electron chi connectivity index (χ2n) is 6.00. The Balaban J connectivity index is 2.62. The number of rotatable bonds is 6. The van der Waals surface area contributed by atoms with Crippen LogP contribution in [0.3, 0.4) is 0 Å². The Morgan fingerprint density at radius 3 is 2.37 bits per heavy atom. The lowest BCUT2D eigenvalue weighted by atomic mass is 9.87. The predicted molar refractivity (Wildman–Crippen MR) is 76.1 cm³/mol. The summed E-state index contributed by atoms with van der Waals surface area (Å²) in [6.07, 6.45) is 0.951. The van der Waals surface area contributed by atoms with Gasteiger partial charge in [0.15, 0.2) is 0 Å². The van der Waals surface area contributed by atoms with Gasteiger partial charge in [0.25, 0.3) is 0 Å². The Hall–Kier alpha value is -0.580. The molecule has 1 rings (SSSR count). The van der Waals surface area contributed by atoms with Gasteiger partial charge >= 0.3 is 11.9 Å². The van der Waals surface area contributed by atoms with Gasteiger partial charge in [0.05, 0.1) is 16.7 Å². The van der Waals surface area contributed by atoms with Crippen LogP contribution in [0.1, 0.15) is 40.5 Å². The number of carboxylic acids is 1. The van der Waals surface area contributed by atoms with E-state index in [9.17, 15) is 14.7 Å². The topological polar surface area (TPSA) is 63.6 Å². The molecule has 1 N–H and O–H groups in total. The Labute approximate surface area is 123 Å². The first-order chi connectivity index (χ1) is 8.73. The van der Waals surface area contributed by atoms with Crippen LogP contribution in [0, 0.1) is 23.7 Å². The van der Waals surface area contributed by atoms with Crippen molar-refractivity contribution in [1.82, 2.24) is 0 Å². The molecule has 0 aromatic rings. The largest absolute Gasteiger partial charge is 0.481 e. The highest BCUT2D eigenvalue weighted by Gasteiger charge is 2.40. The maximum Gasteiger partial charge on any atom is 0.309 e. The van der Waals surface area contributed by atoms with Crippen LogP contribution in [-0.4, -0.2) is 28.0 Å². The number of esters is 1. The van der Waals surface area contributed by atoms with E-state index in [-0.39, 0.29) is 34.7 Å². The third kappa shape index (κ3) is 4.20. The van der Waals surface area contributed by atoms with E-state index < -0.39 is 11.9 Å². The van der Waals surface area contributed by atoms with Crippen molar-refractivity contribution in [3.8, 4) is 0 Å². The van der Waals surface area contributed by atoms with Crippen LogP contribution in [0.25, 0.3) is 0 Å². The molecule has 0 spiro atoms. The second kappa shape index (κ2) is 6.73. The van der Waals surface area contributed by atoms with Crippen LogP contribution in [0.2, 0.25) is 0 Å². The van der Waals surface area contributed by atoms with Crippen LogP contribution in [0.15, 0.2) is 0 Å². The maximum atomic E-state index is 11.7. The summed E-state index contributed by atoms with van der Waals surface area (Å²) in [7, 11) is 0. The molecule has 0 saturated carbocycles. The molecule has 0 aromatic carbocycles. The number of carbonyl (C=O) groups excluding carboxylic acids is 1. The molecule has 110 valence electrons. The number of hydrogen-bond donors (Lipinski definition) is 1. The van der Waals surface area contributed by atoms with E-state index >= 15 is 0 Å². The molecule has 4 atom stereocenters. The minimum absolute atomic E-state index is 0.0626. The first kappa shape index (κ1) is 16.5. The zero-order valence-electron chi connectivity index (χ0n) is 11.9. The van der Waals surface area contributed by atoms with E-state index in [2.05, 4.69) is 15.9 Å². The Kier molecular flexibility index (Phi) is 5.83. The minimum atomic E-state index is -0.788. The van der Waals surface area contributed by atoms with Crippen molar-refractivity contribution in [2.45, 2.75) is 51.5 Å². The van der Waals surface area contributed by atoms with Gasteiger partial charge in [-0.1, -0.05) is 43.6 Å². The standard InChI is InChI=1S/C14H23BrO4/c1-7(2)9(13(16)17)5-11(15)12-6-10(8(3)4)14(18)19-12/h7-12H,5-6H2,1-4H3,(H,16,17)/t9-,10-,11+,12-/m0/s1. The SMILES string of the molecule is CC(C)[C@H](C[C@@H](Br)[C@@H]1C[C@@H](C(C)C)C(=O)O1)C(=O)O. The number of carboxylic acid groups (broad SMARTS) is 1. The molecule has 0 radical (unpaired) electrons. The van der Waals surface area contributed by atoms with E-state index in [4.69, 9.17) is 4.74 Å². The van der Waals surface area contributed by atoms with Gasteiger partial charge in [-0.15, -0.1) is 0 Å². The molecule has 1 heterocycles. The lowest BCUT2D eigenvalue weighted by Gasteiger charge is -2.22. The van der Waals surface area contributed by atoms with Crippen molar-refractivity contribution in [2.24, 2.45) is 23.7 Å². The molecule has 0 unspecified atom stereocenters. The molecule has 0 aromatic heterocycles. The highest BCUT2D eigenvalue weighted by molar-refractivity contribution is 9.09. The molecule has 19 heavy (non-hydrogen) atoms. The van der Waals surface area contributed by atoms with E-state index in [1.807, 2.05) is 27.7 Å². The Morgan fingerprint density at radius 2 is 2.00 bits per heavy atom. The molecule has 0 aliphatic carbocycles. The number of alkyl halides is 1. The average Bonchev–Trinajstić information content (AvgIpc) is 2.67. The number of cyclic esters (lactones) is 1. The van der Waals surface area contributed by atoms with Crippen molar-refractivity contribution in [3.63, 3.8) is 0 Å². The zero-order valence-corrected chi connectivity index (χ0v) is 13.5. The number of carbonyl (C=O) groups is 2. The Bertz CT molecular complexity index is 340. The fourth-order valence-corrected chi connectivity index (χ4v) is 3.18. The molecule has 1 fully saturated rings. The smallest absolute Gasteiger partial charge is 0.309 e. The minimum Gasteiger partial charge on any atom is -0.481 e. The summed E-state index contributed by atoms with van der Waals surface area (Å²) in [5, 5.41) is 9.20. The van der Waals surface area contributed by atoms with Gasteiger partial charge in [-0.25, -0.2) is 0 Å². The average molecular weight is 335 g/mol. The van der Waals surface area contributed by atoms with Gasteiger partial charge in [-0.3, -0.25) is 9.59 Å². The molecule has 1 aliphatic rings. The van der Waals surface area contributed by atoms with Crippen molar-refractivity contribution < 1.29 is 19.4 Å². The second-order valence-corrected chi connectivity index (χ2v) is 7.18. The number of ether oxygens (including phenoxy) is 1. The van der Waals surface area contributed by atoms with Gasteiger partial charge < -0.3 is 9.84 Å². The van der Waals surface area contributed by atoms with Crippen molar-refractivity contribution in [3.05, 3.63) is 0 Å². The first-order valence-electron chi connectivity index (χ1n) is 6.81. The molecule has 5 heteroatoms. The zero-order chi connectivity index (χ0) is 14.7. The fraction of sp³-hybridized carbons (Fsp3) is 0.857. The summed E-state index contributed by atoms with van der Waals surface area (Å²) in [6, 6.07) is 0. The van der Waals surface area contributed by atoms with E-state index in [1.165, 1.54) is 0 Å². The third-order valence-corrected chi connectivity index (χ3v) is 4.83. The number of halogens is 1. The van der Waals surface area contributed by atoms with Crippen LogP contribution >= 0.6 is 15.9 Å². The predicted octanol–water partition coefficient (Wildman–Crippen LogP) is 3.08. The fourth-order valence-electron chi connectivity index (χ4n) is 2.45. The van der Waals surface area contributed by atoms with Crippen molar-refractivity contribution >= 4 is 27.9 Å². The summed E-state index contributed by atoms with van der Waals surface area (Å²) in [4.78, 5) is 22.8. The molecule has 0 amide bonds. The highest BCUT2D eigenvalue weighted by Crippen LogP contribution is 2.34. The van der Waals surface area contributed by atoms with Gasteiger partial charge in [0.1, 0.15) is 6.10 Å². The molecular formula is C14H23BrO4. The normalized spacial score (nSPS) is 26.6. The molecular weight excluding hydrogens is 312 g/mol. The lowest BCUT2D eigenvalue weighted by Crippen LogP contribution is -2.29. The third-order valence-electron chi connectivity index (χ3n) is 3.87. The summed E-state index contributed by atoms with van der Waals surface area (Å²) < 4.78 is 5.38. The van der Waals surface area contributed by atoms with Crippen LogP contribution in [0.4, 0.5) is 0 Å². The van der Waals surface area contributed by atoms with Crippen molar-refractivity contribution in [2.75, 3.05) is 0 Å². The summed E-state index contributed by atoms with van der Waals surface area (Å²) in [5.41, 5.74) is 0. The quantitative estimate of drug-likeness (QED) is 0.598. The van der Waals surface area contributed by atoms with E-state index in [1.54, 1.807) is 0 Å². The lowest BCUT2D eigenvalue weighted by molar-refractivity contribution is -0.145. The van der Waals surface area contributed by atoms with Gasteiger partial charge in [0.2, 0.25) is 0 Å². The van der Waals surface area contributed by atoms with Crippen molar-refractivity contribution in [1.29, 1.82) is 0 Å².